The third kappa shape index (κ3) is 3.86. The standard InChI is InChI=1S/C17H32N2O4/c1-11(15(3,4)22)19(12(2)16(5,6)23)14(21)17(13(18)20)9-7-8-10-17/h11-12,22-23H,7-10H2,1-6H3,(H2,18,20). The number of nitrogens with two attached hydrogens (primary N) is 1. The fraction of sp³-hybridized carbons (Fsp3) is 0.882. The summed E-state index contributed by atoms with van der Waals surface area (Å²) >= 11 is 0. The van der Waals surface area contributed by atoms with Crippen molar-refractivity contribution in [1.29, 1.82) is 0 Å². The van der Waals surface area contributed by atoms with E-state index < -0.39 is 34.6 Å². The van der Waals surface area contributed by atoms with Crippen molar-refractivity contribution in [3.8, 4) is 0 Å². The van der Waals surface area contributed by atoms with Crippen LogP contribution in [0, 0.1) is 5.41 Å². The van der Waals surface area contributed by atoms with Gasteiger partial charge in [0, 0.05) is 0 Å². The molecule has 1 aliphatic carbocycles. The van der Waals surface area contributed by atoms with Crippen molar-refractivity contribution >= 4 is 11.8 Å². The maximum Gasteiger partial charge on any atom is 0.238 e. The number of hydrogen-bond acceptors (Lipinski definition) is 4. The minimum Gasteiger partial charge on any atom is -0.388 e. The number of carbonyl (C=O) groups is 2. The summed E-state index contributed by atoms with van der Waals surface area (Å²) in [6.45, 7) is 9.90. The van der Waals surface area contributed by atoms with E-state index in [1.165, 1.54) is 4.90 Å². The zero-order chi connectivity index (χ0) is 18.2. The molecule has 4 N–H and O–H groups in total. The number of primary amides is 1. The van der Waals surface area contributed by atoms with Gasteiger partial charge in [-0.1, -0.05) is 12.8 Å². The van der Waals surface area contributed by atoms with E-state index in [0.717, 1.165) is 12.8 Å². The molecule has 0 aromatic carbocycles. The van der Waals surface area contributed by atoms with Crippen molar-refractivity contribution in [1.82, 2.24) is 4.90 Å². The van der Waals surface area contributed by atoms with Crippen molar-refractivity contribution in [3.05, 3.63) is 0 Å². The molecule has 6 heteroatoms. The monoisotopic (exact) mass is 328 g/mol. The second-order valence-corrected chi connectivity index (χ2v) is 8.03. The third-order valence-corrected chi connectivity index (χ3v) is 5.45. The van der Waals surface area contributed by atoms with Crippen molar-refractivity contribution < 1.29 is 19.8 Å². The molecule has 0 saturated heterocycles. The number of amides is 2. The molecular weight excluding hydrogens is 296 g/mol. The van der Waals surface area contributed by atoms with Gasteiger partial charge in [-0.25, -0.2) is 0 Å². The molecule has 0 bridgehead atoms. The molecule has 1 fully saturated rings. The average molecular weight is 328 g/mol. The molecule has 2 amide bonds. The summed E-state index contributed by atoms with van der Waals surface area (Å²) in [5, 5.41) is 20.8. The van der Waals surface area contributed by atoms with Crippen molar-refractivity contribution in [2.24, 2.45) is 11.1 Å². The zero-order valence-electron chi connectivity index (χ0n) is 15.2. The lowest BCUT2D eigenvalue weighted by Crippen LogP contribution is -2.63. The Morgan fingerprint density at radius 1 is 1.00 bits per heavy atom. The minimum absolute atomic E-state index is 0.383. The molecule has 6 nitrogen and oxygen atoms in total. The van der Waals surface area contributed by atoms with Gasteiger partial charge in [-0.3, -0.25) is 9.59 Å². The molecule has 0 heterocycles. The second-order valence-electron chi connectivity index (χ2n) is 8.03. The van der Waals surface area contributed by atoms with Crippen LogP contribution >= 0.6 is 0 Å². The first kappa shape index (κ1) is 19.9. The number of rotatable bonds is 6. The molecule has 0 aliphatic heterocycles. The Morgan fingerprint density at radius 3 is 1.61 bits per heavy atom. The average Bonchev–Trinajstić information content (AvgIpc) is 2.86. The molecular formula is C17H32N2O4. The van der Waals surface area contributed by atoms with Crippen LogP contribution in [0.2, 0.25) is 0 Å². The fourth-order valence-electron chi connectivity index (χ4n) is 3.16. The molecule has 0 aromatic heterocycles. The predicted molar refractivity (Wildman–Crippen MR) is 88.5 cm³/mol. The Hall–Kier alpha value is -1.14. The predicted octanol–water partition coefficient (Wildman–Crippen LogP) is 1.18. The molecule has 0 radical (unpaired) electrons. The van der Waals surface area contributed by atoms with E-state index in [-0.39, 0.29) is 5.91 Å². The normalized spacial score (nSPS) is 20.9. The summed E-state index contributed by atoms with van der Waals surface area (Å²) in [7, 11) is 0. The summed E-state index contributed by atoms with van der Waals surface area (Å²) < 4.78 is 0. The van der Waals surface area contributed by atoms with Gasteiger partial charge in [0.15, 0.2) is 0 Å². The van der Waals surface area contributed by atoms with Crippen LogP contribution in [0.3, 0.4) is 0 Å². The molecule has 2 atom stereocenters. The lowest BCUT2D eigenvalue weighted by atomic mass is 9.81. The van der Waals surface area contributed by atoms with Gasteiger partial charge in [0.1, 0.15) is 5.41 Å². The highest BCUT2D eigenvalue weighted by Gasteiger charge is 2.52. The number of hydrogen-bond donors (Lipinski definition) is 3. The van der Waals surface area contributed by atoms with Crippen LogP contribution in [0.1, 0.15) is 67.2 Å². The van der Waals surface area contributed by atoms with Crippen LogP contribution in [0.15, 0.2) is 0 Å². The largest absolute Gasteiger partial charge is 0.388 e. The Balaban J connectivity index is 3.34. The van der Waals surface area contributed by atoms with E-state index in [1.54, 1.807) is 41.5 Å². The van der Waals surface area contributed by atoms with E-state index in [1.807, 2.05) is 0 Å². The zero-order valence-corrected chi connectivity index (χ0v) is 15.2. The van der Waals surface area contributed by atoms with Crippen molar-refractivity contribution in [2.45, 2.75) is 90.5 Å². The Morgan fingerprint density at radius 2 is 1.35 bits per heavy atom. The SMILES string of the molecule is CC(N(C(=O)C1(C(N)=O)CCCC1)C(C)C(C)(C)O)C(C)(C)O. The molecule has 1 saturated carbocycles. The van der Waals surface area contributed by atoms with E-state index in [2.05, 4.69) is 0 Å². The summed E-state index contributed by atoms with van der Waals surface area (Å²) in [4.78, 5) is 26.8. The van der Waals surface area contributed by atoms with E-state index in [9.17, 15) is 19.8 Å². The van der Waals surface area contributed by atoms with E-state index >= 15 is 0 Å². The highest BCUT2D eigenvalue weighted by atomic mass is 16.3. The van der Waals surface area contributed by atoms with Gasteiger partial charge in [0.25, 0.3) is 0 Å². The van der Waals surface area contributed by atoms with Gasteiger partial charge in [-0.15, -0.1) is 0 Å². The van der Waals surface area contributed by atoms with Gasteiger partial charge >= 0.3 is 0 Å². The van der Waals surface area contributed by atoms with E-state index in [0.29, 0.717) is 12.8 Å². The van der Waals surface area contributed by atoms with Gasteiger partial charge in [0.2, 0.25) is 11.8 Å². The van der Waals surface area contributed by atoms with Gasteiger partial charge in [-0.05, 0) is 54.4 Å². The molecule has 23 heavy (non-hydrogen) atoms. The maximum atomic E-state index is 13.3. The molecule has 0 spiro atoms. The molecule has 2 unspecified atom stereocenters. The highest BCUT2D eigenvalue weighted by molar-refractivity contribution is 6.05. The molecule has 0 aromatic rings. The summed E-state index contributed by atoms with van der Waals surface area (Å²) in [5.41, 5.74) is 2.01. The summed E-state index contributed by atoms with van der Waals surface area (Å²) in [6, 6.07) is -1.15. The Kier molecular flexibility index (Phi) is 5.54. The first-order chi connectivity index (χ1) is 10.2. The van der Waals surface area contributed by atoms with Crippen LogP contribution in [-0.2, 0) is 9.59 Å². The Bertz CT molecular complexity index is 436. The van der Waals surface area contributed by atoms with Crippen LogP contribution in [-0.4, -0.2) is 50.2 Å². The van der Waals surface area contributed by atoms with Gasteiger partial charge < -0.3 is 20.8 Å². The van der Waals surface area contributed by atoms with Crippen LogP contribution in [0.4, 0.5) is 0 Å². The quantitative estimate of drug-likeness (QED) is 0.637. The van der Waals surface area contributed by atoms with Crippen molar-refractivity contribution in [2.75, 3.05) is 0 Å². The first-order valence-electron chi connectivity index (χ1n) is 8.32. The third-order valence-electron chi connectivity index (χ3n) is 5.45. The van der Waals surface area contributed by atoms with E-state index in [4.69, 9.17) is 5.73 Å². The first-order valence-corrected chi connectivity index (χ1v) is 8.32. The summed E-state index contributed by atoms with van der Waals surface area (Å²) in [6.07, 6.45) is 2.40. The smallest absolute Gasteiger partial charge is 0.238 e. The van der Waals surface area contributed by atoms with Crippen LogP contribution in [0.5, 0.6) is 0 Å². The number of nitrogens with zero attached hydrogens (tertiary/aromatic N) is 1. The number of carbonyl (C=O) groups excluding carboxylic acids is 2. The van der Waals surface area contributed by atoms with Crippen LogP contribution < -0.4 is 5.73 Å². The van der Waals surface area contributed by atoms with Gasteiger partial charge in [0.05, 0.1) is 23.3 Å². The lowest BCUT2D eigenvalue weighted by molar-refractivity contribution is -0.164. The fourth-order valence-corrected chi connectivity index (χ4v) is 3.16. The Labute approximate surface area is 139 Å². The van der Waals surface area contributed by atoms with Gasteiger partial charge in [-0.2, -0.15) is 0 Å². The van der Waals surface area contributed by atoms with Crippen molar-refractivity contribution in [3.63, 3.8) is 0 Å². The lowest BCUT2D eigenvalue weighted by Gasteiger charge is -2.47. The van der Waals surface area contributed by atoms with Crippen LogP contribution in [0.25, 0.3) is 0 Å². The molecule has 134 valence electrons. The molecule has 1 rings (SSSR count). The summed E-state index contributed by atoms with van der Waals surface area (Å²) in [5.74, 6) is -0.998. The number of aliphatic hydroxyl groups is 2. The topological polar surface area (TPSA) is 104 Å². The second kappa shape index (κ2) is 6.40. The highest BCUT2D eigenvalue weighted by Crippen LogP contribution is 2.41. The maximum absolute atomic E-state index is 13.3. The minimum atomic E-state index is -1.22. The molecule has 1 aliphatic rings.